The SMILES string of the molecule is Cc1ccc(F)cc1S(=O)(=O)N(CCC(N)=S)CC(C)C. The van der Waals surface area contributed by atoms with Gasteiger partial charge in [0.25, 0.3) is 0 Å². The van der Waals surface area contributed by atoms with E-state index in [0.29, 0.717) is 18.5 Å². The second kappa shape index (κ2) is 7.29. The van der Waals surface area contributed by atoms with Crippen molar-refractivity contribution in [3.05, 3.63) is 29.6 Å². The van der Waals surface area contributed by atoms with E-state index < -0.39 is 15.8 Å². The summed E-state index contributed by atoms with van der Waals surface area (Å²) in [5, 5.41) is 0. The van der Waals surface area contributed by atoms with Crippen molar-refractivity contribution in [1.82, 2.24) is 4.31 Å². The van der Waals surface area contributed by atoms with Gasteiger partial charge >= 0.3 is 0 Å². The van der Waals surface area contributed by atoms with Crippen molar-refractivity contribution in [3.63, 3.8) is 0 Å². The van der Waals surface area contributed by atoms with Crippen molar-refractivity contribution in [2.45, 2.75) is 32.1 Å². The van der Waals surface area contributed by atoms with Gasteiger partial charge in [0.2, 0.25) is 10.0 Å². The highest BCUT2D eigenvalue weighted by Crippen LogP contribution is 2.22. The number of nitrogens with zero attached hydrogens (tertiary/aromatic N) is 1. The topological polar surface area (TPSA) is 63.4 Å². The van der Waals surface area contributed by atoms with Crippen LogP contribution in [0.5, 0.6) is 0 Å². The van der Waals surface area contributed by atoms with E-state index in [1.165, 1.54) is 16.4 Å². The number of hydrogen-bond donors (Lipinski definition) is 1. The van der Waals surface area contributed by atoms with Crippen molar-refractivity contribution in [2.75, 3.05) is 13.1 Å². The van der Waals surface area contributed by atoms with E-state index in [-0.39, 0.29) is 22.3 Å². The summed E-state index contributed by atoms with van der Waals surface area (Å²) >= 11 is 4.81. The highest BCUT2D eigenvalue weighted by Gasteiger charge is 2.27. The highest BCUT2D eigenvalue weighted by molar-refractivity contribution is 7.89. The van der Waals surface area contributed by atoms with E-state index in [4.69, 9.17) is 18.0 Å². The molecule has 1 aromatic rings. The van der Waals surface area contributed by atoms with Crippen LogP contribution in [-0.4, -0.2) is 30.8 Å². The molecular weight excluding hydrogens is 311 g/mol. The van der Waals surface area contributed by atoms with E-state index in [1.54, 1.807) is 6.92 Å². The minimum atomic E-state index is -3.77. The lowest BCUT2D eigenvalue weighted by molar-refractivity contribution is 0.374. The standard InChI is InChI=1S/C14H21FN2O2S2/c1-10(2)9-17(7-6-14(16)20)21(18,19)13-8-12(15)5-4-11(13)3/h4-5,8,10H,6-7,9H2,1-3H3,(H2,16,20). The van der Waals surface area contributed by atoms with Crippen molar-refractivity contribution in [3.8, 4) is 0 Å². The van der Waals surface area contributed by atoms with Crippen LogP contribution >= 0.6 is 12.2 Å². The van der Waals surface area contributed by atoms with Crippen LogP contribution in [0.1, 0.15) is 25.8 Å². The smallest absolute Gasteiger partial charge is 0.243 e. The molecule has 0 aliphatic carbocycles. The van der Waals surface area contributed by atoms with Crippen LogP contribution in [0, 0.1) is 18.7 Å². The molecule has 1 aromatic carbocycles. The molecule has 118 valence electrons. The lowest BCUT2D eigenvalue weighted by Gasteiger charge is -2.24. The van der Waals surface area contributed by atoms with Gasteiger partial charge in [0.1, 0.15) is 5.82 Å². The minimum Gasteiger partial charge on any atom is -0.393 e. The lowest BCUT2D eigenvalue weighted by atomic mass is 10.2. The van der Waals surface area contributed by atoms with Crippen LogP contribution < -0.4 is 5.73 Å². The van der Waals surface area contributed by atoms with Crippen LogP contribution in [0.4, 0.5) is 4.39 Å². The van der Waals surface area contributed by atoms with Crippen LogP contribution in [0.3, 0.4) is 0 Å². The third-order valence-electron chi connectivity index (χ3n) is 2.94. The fourth-order valence-electron chi connectivity index (χ4n) is 1.94. The molecule has 0 aromatic heterocycles. The summed E-state index contributed by atoms with van der Waals surface area (Å²) < 4.78 is 40.2. The largest absolute Gasteiger partial charge is 0.393 e. The molecule has 0 saturated heterocycles. The van der Waals surface area contributed by atoms with Gasteiger partial charge in [-0.1, -0.05) is 32.1 Å². The van der Waals surface area contributed by atoms with E-state index in [1.807, 2.05) is 13.8 Å². The molecule has 0 aliphatic rings. The Morgan fingerprint density at radius 3 is 2.57 bits per heavy atom. The van der Waals surface area contributed by atoms with Crippen LogP contribution in [0.15, 0.2) is 23.1 Å². The molecule has 0 aliphatic heterocycles. The fraction of sp³-hybridized carbons (Fsp3) is 0.500. The maximum absolute atomic E-state index is 13.4. The molecular formula is C14H21FN2O2S2. The van der Waals surface area contributed by atoms with Gasteiger partial charge in [-0.15, -0.1) is 0 Å². The average molecular weight is 332 g/mol. The number of nitrogens with two attached hydrogens (primary N) is 1. The van der Waals surface area contributed by atoms with Crippen LogP contribution in [0.25, 0.3) is 0 Å². The number of halogens is 1. The molecule has 0 saturated carbocycles. The zero-order valence-electron chi connectivity index (χ0n) is 12.5. The van der Waals surface area contributed by atoms with Gasteiger partial charge in [0.15, 0.2) is 0 Å². The predicted octanol–water partition coefficient (Wildman–Crippen LogP) is 2.46. The molecule has 1 rings (SSSR count). The summed E-state index contributed by atoms with van der Waals surface area (Å²) in [5.74, 6) is -0.432. The number of sulfonamides is 1. The molecule has 0 spiro atoms. The molecule has 0 radical (unpaired) electrons. The maximum atomic E-state index is 13.4. The van der Waals surface area contributed by atoms with Gasteiger partial charge < -0.3 is 5.73 Å². The van der Waals surface area contributed by atoms with Crippen molar-refractivity contribution in [2.24, 2.45) is 11.7 Å². The highest BCUT2D eigenvalue weighted by atomic mass is 32.2. The summed E-state index contributed by atoms with van der Waals surface area (Å²) in [4.78, 5) is 0.251. The Hall–Kier alpha value is -1.05. The second-order valence-electron chi connectivity index (χ2n) is 5.38. The van der Waals surface area contributed by atoms with E-state index in [9.17, 15) is 12.8 Å². The molecule has 0 fully saturated rings. The van der Waals surface area contributed by atoms with Gasteiger partial charge in [-0.3, -0.25) is 0 Å². The average Bonchev–Trinajstić information content (AvgIpc) is 2.36. The summed E-state index contributed by atoms with van der Waals surface area (Å²) in [7, 11) is -3.77. The molecule has 4 nitrogen and oxygen atoms in total. The van der Waals surface area contributed by atoms with Gasteiger partial charge in [-0.05, 0) is 30.5 Å². The third kappa shape index (κ3) is 5.01. The molecule has 0 atom stereocenters. The van der Waals surface area contributed by atoms with E-state index >= 15 is 0 Å². The predicted molar refractivity (Wildman–Crippen MR) is 86.1 cm³/mol. The third-order valence-corrected chi connectivity index (χ3v) is 5.16. The van der Waals surface area contributed by atoms with Gasteiger partial charge in [-0.2, -0.15) is 4.31 Å². The Balaban J connectivity index is 3.19. The summed E-state index contributed by atoms with van der Waals surface area (Å²) in [5.41, 5.74) is 5.97. The van der Waals surface area contributed by atoms with E-state index in [2.05, 4.69) is 0 Å². The van der Waals surface area contributed by atoms with Crippen molar-refractivity contribution < 1.29 is 12.8 Å². The van der Waals surface area contributed by atoms with Crippen molar-refractivity contribution >= 4 is 27.2 Å². The molecule has 21 heavy (non-hydrogen) atoms. The Morgan fingerprint density at radius 2 is 2.05 bits per heavy atom. The van der Waals surface area contributed by atoms with Gasteiger partial charge in [-0.25, -0.2) is 12.8 Å². The number of thiocarbonyl (C=S) groups is 1. The molecule has 0 amide bonds. The first-order valence-electron chi connectivity index (χ1n) is 6.69. The Labute approximate surface area is 131 Å². The molecule has 2 N–H and O–H groups in total. The Kier molecular flexibility index (Phi) is 6.24. The molecule has 0 heterocycles. The molecule has 0 unspecified atom stereocenters. The first-order chi connectivity index (χ1) is 9.64. The summed E-state index contributed by atoms with van der Waals surface area (Å²) in [6.07, 6.45) is 0.301. The summed E-state index contributed by atoms with van der Waals surface area (Å²) in [6.45, 7) is 6.02. The van der Waals surface area contributed by atoms with Gasteiger partial charge in [0, 0.05) is 19.5 Å². The first kappa shape index (κ1) is 18.0. The van der Waals surface area contributed by atoms with Crippen LogP contribution in [0.2, 0.25) is 0 Å². The fourth-order valence-corrected chi connectivity index (χ4v) is 3.87. The second-order valence-corrected chi connectivity index (χ2v) is 7.81. The van der Waals surface area contributed by atoms with Gasteiger partial charge in [0.05, 0.1) is 9.88 Å². The Bertz CT molecular complexity index is 615. The zero-order valence-corrected chi connectivity index (χ0v) is 14.1. The van der Waals surface area contributed by atoms with Crippen molar-refractivity contribution in [1.29, 1.82) is 0 Å². The molecule has 7 heteroatoms. The molecule has 0 bridgehead atoms. The normalized spacial score (nSPS) is 12.1. The quantitative estimate of drug-likeness (QED) is 0.779. The number of aryl methyl sites for hydroxylation is 1. The number of rotatable bonds is 7. The zero-order chi connectivity index (χ0) is 16.2. The Morgan fingerprint density at radius 1 is 1.43 bits per heavy atom. The minimum absolute atomic E-state index is 0.00825. The number of hydrogen-bond acceptors (Lipinski definition) is 3. The first-order valence-corrected chi connectivity index (χ1v) is 8.54. The lowest BCUT2D eigenvalue weighted by Crippen LogP contribution is -2.36. The monoisotopic (exact) mass is 332 g/mol. The van der Waals surface area contributed by atoms with E-state index in [0.717, 1.165) is 6.07 Å². The number of benzene rings is 1. The van der Waals surface area contributed by atoms with Crippen LogP contribution in [-0.2, 0) is 10.0 Å². The maximum Gasteiger partial charge on any atom is 0.243 e. The summed E-state index contributed by atoms with van der Waals surface area (Å²) in [6, 6.07) is 3.76.